The third kappa shape index (κ3) is 3.37. The fourth-order valence-electron chi connectivity index (χ4n) is 1.42. The molecular weight excluding hydrogens is 258 g/mol. The van der Waals surface area contributed by atoms with Crippen LogP contribution in [0.25, 0.3) is 0 Å². The molecule has 1 aromatic rings. The topological polar surface area (TPSA) is 26.0 Å². The van der Waals surface area contributed by atoms with E-state index in [4.69, 9.17) is 5.73 Å². The molecule has 0 fully saturated rings. The molecule has 3 heteroatoms. The van der Waals surface area contributed by atoms with Crippen LogP contribution in [0.15, 0.2) is 9.85 Å². The molecule has 0 aliphatic heterocycles. The minimum atomic E-state index is 0.233. The van der Waals surface area contributed by atoms with Crippen molar-refractivity contribution in [1.29, 1.82) is 0 Å². The number of rotatable bonds is 5. The molecule has 0 saturated heterocycles. The van der Waals surface area contributed by atoms with Crippen LogP contribution < -0.4 is 5.73 Å². The summed E-state index contributed by atoms with van der Waals surface area (Å²) in [4.78, 5) is 1.31. The van der Waals surface area contributed by atoms with Crippen molar-refractivity contribution in [2.75, 3.05) is 0 Å². The van der Waals surface area contributed by atoms with Gasteiger partial charge in [-0.05, 0) is 40.9 Å². The van der Waals surface area contributed by atoms with Crippen molar-refractivity contribution in [3.63, 3.8) is 0 Å². The second kappa shape index (κ2) is 5.89. The Labute approximate surface area is 98.8 Å². The number of aryl methyl sites for hydroxylation is 1. The highest BCUT2D eigenvalue weighted by Gasteiger charge is 2.10. The first-order chi connectivity index (χ1) is 6.65. The van der Waals surface area contributed by atoms with E-state index >= 15 is 0 Å². The van der Waals surface area contributed by atoms with E-state index in [9.17, 15) is 0 Å². The van der Waals surface area contributed by atoms with Gasteiger partial charge in [0.15, 0.2) is 0 Å². The Bertz CT molecular complexity index is 263. The van der Waals surface area contributed by atoms with E-state index in [1.165, 1.54) is 33.5 Å². The van der Waals surface area contributed by atoms with Gasteiger partial charge in [0.1, 0.15) is 0 Å². The van der Waals surface area contributed by atoms with Crippen LogP contribution in [0, 0.1) is 6.92 Å². The number of thiophene rings is 1. The number of nitrogens with two attached hydrogens (primary N) is 1. The largest absolute Gasteiger partial charge is 0.323 e. The molecule has 80 valence electrons. The molecule has 0 radical (unpaired) electrons. The van der Waals surface area contributed by atoms with Crippen LogP contribution in [0.4, 0.5) is 0 Å². The smallest absolute Gasteiger partial charge is 0.0731 e. The number of hydrogen-bond donors (Lipinski definition) is 1. The summed E-state index contributed by atoms with van der Waals surface area (Å²) >= 11 is 5.30. The zero-order valence-corrected chi connectivity index (χ0v) is 11.2. The highest BCUT2D eigenvalue weighted by molar-refractivity contribution is 9.11. The standard InChI is InChI=1S/C11H18BrNS/c1-3-4-5-6-9(13)10-7-8(2)11(12)14-10/h7,9H,3-6,13H2,1-2H3/t9-/m1/s1. The Morgan fingerprint density at radius 2 is 2.21 bits per heavy atom. The zero-order chi connectivity index (χ0) is 10.6. The molecule has 0 aliphatic carbocycles. The van der Waals surface area contributed by atoms with Crippen LogP contribution >= 0.6 is 27.3 Å². The molecule has 1 nitrogen and oxygen atoms in total. The summed E-state index contributed by atoms with van der Waals surface area (Å²) in [6, 6.07) is 2.43. The lowest BCUT2D eigenvalue weighted by atomic mass is 10.1. The predicted molar refractivity (Wildman–Crippen MR) is 67.8 cm³/mol. The first kappa shape index (κ1) is 12.2. The lowest BCUT2D eigenvalue weighted by Crippen LogP contribution is -2.08. The third-order valence-corrected chi connectivity index (χ3v) is 4.63. The van der Waals surface area contributed by atoms with Crippen molar-refractivity contribution in [3.05, 3.63) is 20.3 Å². The molecule has 1 rings (SSSR count). The monoisotopic (exact) mass is 275 g/mol. The van der Waals surface area contributed by atoms with Crippen LogP contribution in [0.5, 0.6) is 0 Å². The Morgan fingerprint density at radius 3 is 2.71 bits per heavy atom. The first-order valence-corrected chi connectivity index (χ1v) is 6.77. The van der Waals surface area contributed by atoms with Crippen LogP contribution in [0.3, 0.4) is 0 Å². The quantitative estimate of drug-likeness (QED) is 0.792. The lowest BCUT2D eigenvalue weighted by molar-refractivity contribution is 0.587. The zero-order valence-electron chi connectivity index (χ0n) is 8.85. The average Bonchev–Trinajstić information content (AvgIpc) is 2.47. The maximum atomic E-state index is 6.11. The van der Waals surface area contributed by atoms with Crippen molar-refractivity contribution < 1.29 is 0 Å². The minimum Gasteiger partial charge on any atom is -0.323 e. The van der Waals surface area contributed by atoms with Crippen LogP contribution in [-0.4, -0.2) is 0 Å². The van der Waals surface area contributed by atoms with Crippen molar-refractivity contribution in [1.82, 2.24) is 0 Å². The number of unbranched alkanes of at least 4 members (excludes halogenated alkanes) is 2. The molecule has 0 aliphatic rings. The summed E-state index contributed by atoms with van der Waals surface area (Å²) in [6.07, 6.45) is 4.91. The second-order valence-electron chi connectivity index (χ2n) is 3.71. The van der Waals surface area contributed by atoms with Crippen molar-refractivity contribution >= 4 is 27.3 Å². The molecule has 0 unspecified atom stereocenters. The molecule has 14 heavy (non-hydrogen) atoms. The molecule has 0 bridgehead atoms. The van der Waals surface area contributed by atoms with Gasteiger partial charge in [-0.2, -0.15) is 0 Å². The van der Waals surface area contributed by atoms with E-state index in [-0.39, 0.29) is 6.04 Å². The van der Waals surface area contributed by atoms with Gasteiger partial charge in [0, 0.05) is 10.9 Å². The molecule has 1 aromatic heterocycles. The summed E-state index contributed by atoms with van der Waals surface area (Å²) < 4.78 is 1.22. The third-order valence-electron chi connectivity index (χ3n) is 2.36. The average molecular weight is 276 g/mol. The number of hydrogen-bond acceptors (Lipinski definition) is 2. The van der Waals surface area contributed by atoms with Gasteiger partial charge in [0.25, 0.3) is 0 Å². The normalized spacial score (nSPS) is 13.1. The van der Waals surface area contributed by atoms with E-state index in [1.54, 1.807) is 11.3 Å². The van der Waals surface area contributed by atoms with Gasteiger partial charge in [0.05, 0.1) is 3.79 Å². The van der Waals surface area contributed by atoms with E-state index in [0.29, 0.717) is 0 Å². The van der Waals surface area contributed by atoms with Gasteiger partial charge in [0.2, 0.25) is 0 Å². The SMILES string of the molecule is CCCCC[C@@H](N)c1cc(C)c(Br)s1. The van der Waals surface area contributed by atoms with E-state index < -0.39 is 0 Å². The van der Waals surface area contributed by atoms with Crippen LogP contribution in [-0.2, 0) is 0 Å². The highest BCUT2D eigenvalue weighted by atomic mass is 79.9. The van der Waals surface area contributed by atoms with Gasteiger partial charge < -0.3 is 5.73 Å². The summed E-state index contributed by atoms with van der Waals surface area (Å²) in [7, 11) is 0. The molecule has 0 amide bonds. The van der Waals surface area contributed by atoms with Gasteiger partial charge >= 0.3 is 0 Å². The van der Waals surface area contributed by atoms with Crippen LogP contribution in [0.1, 0.15) is 49.1 Å². The summed E-state index contributed by atoms with van der Waals surface area (Å²) in [5.74, 6) is 0. The van der Waals surface area contributed by atoms with Crippen molar-refractivity contribution in [3.8, 4) is 0 Å². The highest BCUT2D eigenvalue weighted by Crippen LogP contribution is 2.32. The van der Waals surface area contributed by atoms with Gasteiger partial charge in [-0.25, -0.2) is 0 Å². The maximum absolute atomic E-state index is 6.11. The Morgan fingerprint density at radius 1 is 1.50 bits per heavy atom. The van der Waals surface area contributed by atoms with E-state index in [1.807, 2.05) is 0 Å². The lowest BCUT2D eigenvalue weighted by Gasteiger charge is -2.08. The fraction of sp³-hybridized carbons (Fsp3) is 0.636. The minimum absolute atomic E-state index is 0.233. The number of halogens is 1. The molecule has 0 saturated carbocycles. The molecule has 2 N–H and O–H groups in total. The van der Waals surface area contributed by atoms with Gasteiger partial charge in [-0.3, -0.25) is 0 Å². The van der Waals surface area contributed by atoms with Gasteiger partial charge in [-0.1, -0.05) is 26.2 Å². The molecule has 0 spiro atoms. The van der Waals surface area contributed by atoms with Crippen molar-refractivity contribution in [2.24, 2.45) is 5.73 Å². The molecular formula is C11H18BrNS. The van der Waals surface area contributed by atoms with Crippen molar-refractivity contribution in [2.45, 2.75) is 45.6 Å². The van der Waals surface area contributed by atoms with E-state index in [2.05, 4.69) is 35.8 Å². The summed E-state index contributed by atoms with van der Waals surface area (Å²) in [5.41, 5.74) is 7.41. The second-order valence-corrected chi connectivity index (χ2v) is 6.11. The Hall–Kier alpha value is 0.140. The Balaban J connectivity index is 2.47. The molecule has 0 aromatic carbocycles. The maximum Gasteiger partial charge on any atom is 0.0731 e. The van der Waals surface area contributed by atoms with Crippen LogP contribution in [0.2, 0.25) is 0 Å². The first-order valence-electron chi connectivity index (χ1n) is 5.16. The van der Waals surface area contributed by atoms with Gasteiger partial charge in [-0.15, -0.1) is 11.3 Å². The Kier molecular flexibility index (Phi) is 5.13. The van der Waals surface area contributed by atoms with E-state index in [0.717, 1.165) is 6.42 Å². The molecule has 1 atom stereocenters. The fourth-order valence-corrected chi connectivity index (χ4v) is 3.03. The molecule has 1 heterocycles. The summed E-state index contributed by atoms with van der Waals surface area (Å²) in [6.45, 7) is 4.33. The summed E-state index contributed by atoms with van der Waals surface area (Å²) in [5, 5.41) is 0. The predicted octanol–water partition coefficient (Wildman–Crippen LogP) is 4.40.